The minimum atomic E-state index is -3.98. The van der Waals surface area contributed by atoms with Crippen molar-refractivity contribution in [3.8, 4) is 0 Å². The molecule has 4 aromatic rings. The molecule has 4 rings (SSSR count). The summed E-state index contributed by atoms with van der Waals surface area (Å²) >= 11 is 0.984. The van der Waals surface area contributed by atoms with Gasteiger partial charge >= 0.3 is 0 Å². The van der Waals surface area contributed by atoms with Gasteiger partial charge in [0.05, 0.1) is 10.4 Å². The molecule has 0 radical (unpaired) electrons. The number of hydrogen-bond acceptors (Lipinski definition) is 6. The van der Waals surface area contributed by atoms with Crippen molar-refractivity contribution >= 4 is 54.3 Å². The summed E-state index contributed by atoms with van der Waals surface area (Å²) in [6, 6.07) is 16.3. The lowest BCUT2D eigenvalue weighted by molar-refractivity contribution is -0.114. The van der Waals surface area contributed by atoms with Gasteiger partial charge in [-0.1, -0.05) is 42.5 Å². The van der Waals surface area contributed by atoms with Crippen LogP contribution < -0.4 is 4.72 Å². The Bertz CT molecular complexity index is 1550. The molecule has 0 saturated heterocycles. The highest BCUT2D eigenvalue weighted by Gasteiger charge is 2.23. The molecule has 2 heterocycles. The lowest BCUT2D eigenvalue weighted by Gasteiger charge is -2.10. The van der Waals surface area contributed by atoms with Crippen molar-refractivity contribution in [2.45, 2.75) is 16.0 Å². The summed E-state index contributed by atoms with van der Waals surface area (Å²) < 4.78 is 54.5. The molecule has 0 spiro atoms. The molecular weight excluding hydrogens is 468 g/mol. The van der Waals surface area contributed by atoms with E-state index in [4.69, 9.17) is 0 Å². The second-order valence-corrected chi connectivity index (χ2v) is 11.5. The zero-order valence-corrected chi connectivity index (χ0v) is 19.2. The monoisotopic (exact) mass is 486 g/mol. The second kappa shape index (κ2) is 8.38. The average Bonchev–Trinajstić information content (AvgIpc) is 3.42. The first-order valence-electron chi connectivity index (χ1n) is 9.40. The number of hydrogen-bond donors (Lipinski definition) is 1. The minimum absolute atomic E-state index is 0.00841. The van der Waals surface area contributed by atoms with Crippen molar-refractivity contribution < 1.29 is 21.6 Å². The van der Waals surface area contributed by atoms with E-state index in [-0.39, 0.29) is 14.7 Å². The van der Waals surface area contributed by atoms with Crippen molar-refractivity contribution in [2.24, 2.45) is 0 Å². The molecule has 1 amide bonds. The molecule has 0 unspecified atom stereocenters. The average molecular weight is 487 g/mol. The lowest BCUT2D eigenvalue weighted by Crippen LogP contribution is -2.28. The standard InChI is InChI=1S/C22H18N2O5S3/c1-16-15-24(19-9-4-3-8-18(16)19)32(28,29)20-10-5-2-7-17(20)12-13-21(25)23-31(26,27)22-11-6-14-30-22/h2-15H,1H3,(H,23,25)/b13-12+. The Morgan fingerprint density at radius 3 is 2.44 bits per heavy atom. The van der Waals surface area contributed by atoms with Crippen LogP contribution in [0.3, 0.4) is 0 Å². The van der Waals surface area contributed by atoms with Crippen LogP contribution in [0.25, 0.3) is 17.0 Å². The van der Waals surface area contributed by atoms with Gasteiger partial charge in [0.1, 0.15) is 4.21 Å². The summed E-state index contributed by atoms with van der Waals surface area (Å²) in [6.07, 6.45) is 3.84. The number of rotatable bonds is 6. The third-order valence-corrected chi connectivity index (χ3v) is 9.23. The number of nitrogens with one attached hydrogen (secondary N) is 1. The zero-order chi connectivity index (χ0) is 22.9. The van der Waals surface area contributed by atoms with Crippen LogP contribution in [0, 0.1) is 6.92 Å². The summed E-state index contributed by atoms with van der Waals surface area (Å²) in [7, 11) is -7.96. The van der Waals surface area contributed by atoms with Gasteiger partial charge in [0.25, 0.3) is 26.0 Å². The number of sulfonamides is 1. The van der Waals surface area contributed by atoms with Crippen molar-refractivity contribution in [3.63, 3.8) is 0 Å². The summed E-state index contributed by atoms with van der Waals surface area (Å²) in [5, 5.41) is 2.41. The maximum atomic E-state index is 13.4. The van der Waals surface area contributed by atoms with Crippen LogP contribution >= 0.6 is 11.3 Å². The van der Waals surface area contributed by atoms with Crippen LogP contribution in [0.15, 0.2) is 87.4 Å². The molecule has 0 aliphatic carbocycles. The van der Waals surface area contributed by atoms with Crippen molar-refractivity contribution in [3.05, 3.63) is 89.4 Å². The fourth-order valence-electron chi connectivity index (χ4n) is 3.27. The molecule has 0 aliphatic rings. The van der Waals surface area contributed by atoms with Gasteiger partial charge in [-0.2, -0.15) is 0 Å². The van der Waals surface area contributed by atoms with Crippen LogP contribution in [0.4, 0.5) is 0 Å². The molecule has 0 fully saturated rings. The topological polar surface area (TPSA) is 102 Å². The zero-order valence-electron chi connectivity index (χ0n) is 16.8. The van der Waals surface area contributed by atoms with Crippen LogP contribution in [-0.4, -0.2) is 26.7 Å². The molecule has 7 nitrogen and oxygen atoms in total. The van der Waals surface area contributed by atoms with Crippen molar-refractivity contribution in [1.29, 1.82) is 0 Å². The molecule has 164 valence electrons. The number of carbonyl (C=O) groups is 1. The van der Waals surface area contributed by atoms with E-state index < -0.39 is 26.0 Å². The van der Waals surface area contributed by atoms with E-state index >= 15 is 0 Å². The lowest BCUT2D eigenvalue weighted by atomic mass is 10.2. The molecular formula is C22H18N2O5S3. The highest BCUT2D eigenvalue weighted by molar-refractivity contribution is 7.92. The normalized spacial score (nSPS) is 12.4. The molecule has 32 heavy (non-hydrogen) atoms. The third-order valence-electron chi connectivity index (χ3n) is 4.74. The molecule has 0 aliphatic heterocycles. The second-order valence-electron chi connectivity index (χ2n) is 6.90. The van der Waals surface area contributed by atoms with Gasteiger partial charge < -0.3 is 0 Å². The first kappa shape index (κ1) is 22.0. The van der Waals surface area contributed by atoms with Crippen LogP contribution in [0.1, 0.15) is 11.1 Å². The van der Waals surface area contributed by atoms with Gasteiger partial charge in [-0.15, -0.1) is 11.3 Å². The van der Waals surface area contributed by atoms with Gasteiger partial charge in [-0.25, -0.2) is 25.5 Å². The van der Waals surface area contributed by atoms with Crippen LogP contribution in [0.2, 0.25) is 0 Å². The molecule has 10 heteroatoms. The third kappa shape index (κ3) is 4.12. The quantitative estimate of drug-likeness (QED) is 0.418. The van der Waals surface area contributed by atoms with Crippen molar-refractivity contribution in [1.82, 2.24) is 8.69 Å². The maximum absolute atomic E-state index is 13.4. The Morgan fingerprint density at radius 2 is 1.69 bits per heavy atom. The number of nitrogens with zero attached hydrogens (tertiary/aromatic N) is 1. The van der Waals surface area contributed by atoms with E-state index in [2.05, 4.69) is 0 Å². The fraction of sp³-hybridized carbons (Fsp3) is 0.0455. The summed E-state index contributed by atoms with van der Waals surface area (Å²) in [4.78, 5) is 12.2. The van der Waals surface area contributed by atoms with E-state index in [1.807, 2.05) is 23.8 Å². The van der Waals surface area contributed by atoms with Crippen molar-refractivity contribution in [2.75, 3.05) is 0 Å². The minimum Gasteiger partial charge on any atom is -0.269 e. The highest BCUT2D eigenvalue weighted by Crippen LogP contribution is 2.27. The van der Waals surface area contributed by atoms with E-state index in [1.165, 1.54) is 22.2 Å². The number of amides is 1. The smallest absolute Gasteiger partial charge is 0.269 e. The fourth-order valence-corrected chi connectivity index (χ4v) is 6.82. The van der Waals surface area contributed by atoms with Gasteiger partial charge in [0.2, 0.25) is 0 Å². The van der Waals surface area contributed by atoms with Gasteiger partial charge in [0, 0.05) is 17.7 Å². The molecule has 0 atom stereocenters. The Hall–Kier alpha value is -3.21. The predicted molar refractivity (Wildman–Crippen MR) is 124 cm³/mol. The number of benzene rings is 2. The molecule has 1 N–H and O–H groups in total. The van der Waals surface area contributed by atoms with Gasteiger partial charge in [0.15, 0.2) is 0 Å². The number of fused-ring (bicyclic) bond motifs is 1. The van der Waals surface area contributed by atoms with E-state index in [9.17, 15) is 21.6 Å². The van der Waals surface area contributed by atoms with E-state index in [0.29, 0.717) is 5.52 Å². The number of aromatic nitrogens is 1. The SMILES string of the molecule is Cc1cn(S(=O)(=O)c2ccccc2/C=C/C(=O)NS(=O)(=O)c2cccs2)c2ccccc12. The number of para-hydroxylation sites is 1. The largest absolute Gasteiger partial charge is 0.273 e. The predicted octanol–water partition coefficient (Wildman–Crippen LogP) is 3.77. The Balaban J connectivity index is 1.68. The first-order valence-corrected chi connectivity index (χ1v) is 13.2. The number of aryl methyl sites for hydroxylation is 1. The summed E-state index contributed by atoms with van der Waals surface area (Å²) in [5.41, 5.74) is 1.62. The highest BCUT2D eigenvalue weighted by atomic mass is 32.2. The maximum Gasteiger partial charge on any atom is 0.273 e. The molecule has 2 aromatic carbocycles. The number of carbonyl (C=O) groups excluding carboxylic acids is 1. The summed E-state index contributed by atoms with van der Waals surface area (Å²) in [6.45, 7) is 1.83. The van der Waals surface area contributed by atoms with E-state index in [1.54, 1.807) is 48.0 Å². The Labute approximate surface area is 189 Å². The number of thiophene rings is 1. The summed E-state index contributed by atoms with van der Waals surface area (Å²) in [5.74, 6) is -0.882. The van der Waals surface area contributed by atoms with E-state index in [0.717, 1.165) is 28.4 Å². The van der Waals surface area contributed by atoms with Crippen LogP contribution in [-0.2, 0) is 24.8 Å². The first-order chi connectivity index (χ1) is 15.2. The Kier molecular flexibility index (Phi) is 5.76. The van der Waals surface area contributed by atoms with Crippen LogP contribution in [0.5, 0.6) is 0 Å². The molecule has 2 aromatic heterocycles. The van der Waals surface area contributed by atoms with Gasteiger partial charge in [-0.3, -0.25) is 4.79 Å². The molecule has 0 bridgehead atoms. The molecule has 0 saturated carbocycles. The Morgan fingerprint density at radius 1 is 0.969 bits per heavy atom. The van der Waals surface area contributed by atoms with Gasteiger partial charge in [-0.05, 0) is 47.7 Å².